The Labute approximate surface area is 180 Å². The molecule has 2 fully saturated rings. The third kappa shape index (κ3) is 4.27. The van der Waals surface area contributed by atoms with E-state index < -0.39 is 59.8 Å². The molecule has 0 N–H and O–H groups in total. The van der Waals surface area contributed by atoms with Gasteiger partial charge in [0.2, 0.25) is 0 Å². The highest BCUT2D eigenvalue weighted by Crippen LogP contribution is 2.50. The fraction of sp³-hybridized carbons (Fsp3) is 0.545. The van der Waals surface area contributed by atoms with Crippen LogP contribution in [0.15, 0.2) is 36.0 Å². The number of methoxy groups -OCH3 is 1. The molecule has 0 bridgehead atoms. The maximum atomic E-state index is 12.6. The summed E-state index contributed by atoms with van der Waals surface area (Å²) < 4.78 is 27.4. The summed E-state index contributed by atoms with van der Waals surface area (Å²) in [5.74, 6) is -3.84. The summed E-state index contributed by atoms with van der Waals surface area (Å²) in [4.78, 5) is 49.5. The van der Waals surface area contributed by atoms with Crippen molar-refractivity contribution >= 4 is 23.9 Å². The molecule has 1 aliphatic carbocycles. The number of hydrogen-bond acceptors (Lipinski definition) is 9. The lowest BCUT2D eigenvalue weighted by Crippen LogP contribution is -2.48. The Morgan fingerprint density at radius 1 is 1.23 bits per heavy atom. The minimum absolute atomic E-state index is 0.00851. The largest absolute Gasteiger partial charge is 0.466 e. The molecular formula is C22H26O9. The zero-order valence-electron chi connectivity index (χ0n) is 18.0. The molecule has 9 nitrogen and oxygen atoms in total. The Morgan fingerprint density at radius 3 is 2.48 bits per heavy atom. The number of ether oxygens (including phenoxy) is 5. The molecule has 9 heteroatoms. The molecule has 2 aliphatic heterocycles. The molecule has 0 aromatic rings. The molecule has 0 saturated carbocycles. The number of esters is 4. The van der Waals surface area contributed by atoms with Crippen LogP contribution in [0.3, 0.4) is 0 Å². The number of carbonyl (C=O) groups excluding carboxylic acids is 4. The van der Waals surface area contributed by atoms with Crippen molar-refractivity contribution in [3.8, 4) is 0 Å². The van der Waals surface area contributed by atoms with Gasteiger partial charge in [-0.25, -0.2) is 14.4 Å². The molecule has 0 spiro atoms. The number of allylic oxidation sites excluding steroid dienone is 1. The van der Waals surface area contributed by atoms with E-state index in [2.05, 4.69) is 13.2 Å². The van der Waals surface area contributed by atoms with Crippen molar-refractivity contribution in [3.63, 3.8) is 0 Å². The summed E-state index contributed by atoms with van der Waals surface area (Å²) in [5, 5.41) is 0. The Kier molecular flexibility index (Phi) is 6.09. The van der Waals surface area contributed by atoms with E-state index in [-0.39, 0.29) is 16.7 Å². The lowest BCUT2D eigenvalue weighted by Gasteiger charge is -2.33. The van der Waals surface area contributed by atoms with Crippen LogP contribution in [-0.4, -0.2) is 61.0 Å². The number of epoxide rings is 1. The van der Waals surface area contributed by atoms with Crippen LogP contribution >= 0.6 is 0 Å². The molecule has 2 saturated heterocycles. The molecule has 0 aromatic carbocycles. The maximum absolute atomic E-state index is 12.6. The van der Waals surface area contributed by atoms with Gasteiger partial charge in [0.25, 0.3) is 0 Å². The zero-order valence-corrected chi connectivity index (χ0v) is 18.0. The minimum Gasteiger partial charge on any atom is -0.466 e. The second-order valence-electron chi connectivity index (χ2n) is 8.14. The Balaban J connectivity index is 2.17. The second kappa shape index (κ2) is 8.30. The zero-order chi connectivity index (χ0) is 23.1. The van der Waals surface area contributed by atoms with Gasteiger partial charge in [-0.15, -0.1) is 0 Å². The van der Waals surface area contributed by atoms with Crippen LogP contribution in [0.1, 0.15) is 33.6 Å². The normalized spacial score (nSPS) is 36.0. The van der Waals surface area contributed by atoms with E-state index in [0.29, 0.717) is 12.8 Å². The average Bonchev–Trinajstić information content (AvgIpc) is 3.28. The first-order chi connectivity index (χ1) is 14.5. The van der Waals surface area contributed by atoms with Crippen molar-refractivity contribution in [1.82, 2.24) is 0 Å². The first-order valence-electron chi connectivity index (χ1n) is 9.90. The van der Waals surface area contributed by atoms with Gasteiger partial charge in [0.15, 0.2) is 12.2 Å². The molecule has 0 aromatic heterocycles. The summed E-state index contributed by atoms with van der Waals surface area (Å²) in [6, 6.07) is 0. The van der Waals surface area contributed by atoms with E-state index in [1.54, 1.807) is 6.08 Å². The van der Waals surface area contributed by atoms with E-state index in [0.717, 1.165) is 6.92 Å². The van der Waals surface area contributed by atoms with Crippen LogP contribution in [-0.2, 0) is 42.9 Å². The topological polar surface area (TPSA) is 118 Å². The second-order valence-corrected chi connectivity index (χ2v) is 8.14. The SMILES string of the molecule is C=C(C)C(=O)O[C@H]1[C@H]2C(=C)C(=O)O[C@@H]2[C@H]2O[C@]2(C)CC/C=C(/C(=O)OC)[C@@H]1OC(C)=O. The quantitative estimate of drug-likeness (QED) is 0.281. The molecular weight excluding hydrogens is 408 g/mol. The summed E-state index contributed by atoms with van der Waals surface area (Å²) in [6.07, 6.45) is -1.45. The third-order valence-electron chi connectivity index (χ3n) is 5.77. The molecule has 3 aliphatic rings. The van der Waals surface area contributed by atoms with Gasteiger partial charge in [-0.1, -0.05) is 19.2 Å². The summed E-state index contributed by atoms with van der Waals surface area (Å²) in [6.45, 7) is 11.9. The van der Waals surface area contributed by atoms with Crippen LogP contribution in [0.5, 0.6) is 0 Å². The van der Waals surface area contributed by atoms with Crippen molar-refractivity contribution < 1.29 is 42.9 Å². The predicted molar refractivity (Wildman–Crippen MR) is 105 cm³/mol. The molecule has 0 radical (unpaired) electrons. The van der Waals surface area contributed by atoms with Gasteiger partial charge >= 0.3 is 23.9 Å². The average molecular weight is 434 g/mol. The molecule has 31 heavy (non-hydrogen) atoms. The van der Waals surface area contributed by atoms with E-state index in [1.165, 1.54) is 14.0 Å². The predicted octanol–water partition coefficient (Wildman–Crippen LogP) is 1.55. The van der Waals surface area contributed by atoms with Crippen LogP contribution in [0.25, 0.3) is 0 Å². The fourth-order valence-corrected chi connectivity index (χ4v) is 4.10. The third-order valence-corrected chi connectivity index (χ3v) is 5.77. The van der Waals surface area contributed by atoms with E-state index >= 15 is 0 Å². The number of carbonyl (C=O) groups is 4. The van der Waals surface area contributed by atoms with E-state index in [9.17, 15) is 19.2 Å². The van der Waals surface area contributed by atoms with Gasteiger partial charge in [0.05, 0.1) is 24.2 Å². The highest BCUT2D eigenvalue weighted by Gasteiger charge is 2.64. The Bertz CT molecular complexity index is 885. The van der Waals surface area contributed by atoms with Crippen LogP contribution in [0.4, 0.5) is 0 Å². The van der Waals surface area contributed by atoms with Crippen molar-refractivity contribution in [2.75, 3.05) is 7.11 Å². The smallest absolute Gasteiger partial charge is 0.337 e. The van der Waals surface area contributed by atoms with Crippen molar-refractivity contribution in [2.24, 2.45) is 5.92 Å². The molecule has 0 unspecified atom stereocenters. The van der Waals surface area contributed by atoms with Gasteiger partial charge in [-0.3, -0.25) is 4.79 Å². The highest BCUT2D eigenvalue weighted by molar-refractivity contribution is 5.93. The molecule has 6 atom stereocenters. The lowest BCUT2D eigenvalue weighted by atomic mass is 9.80. The lowest BCUT2D eigenvalue weighted by molar-refractivity contribution is -0.168. The molecule has 168 valence electrons. The number of rotatable bonds is 4. The number of fused-ring (bicyclic) bond motifs is 3. The summed E-state index contributed by atoms with van der Waals surface area (Å²) in [5.41, 5.74) is -0.486. The van der Waals surface area contributed by atoms with Gasteiger partial charge in [-0.2, -0.15) is 0 Å². The first kappa shape index (κ1) is 22.7. The molecule has 2 heterocycles. The van der Waals surface area contributed by atoms with E-state index in [1.807, 2.05) is 6.92 Å². The summed E-state index contributed by atoms with van der Waals surface area (Å²) >= 11 is 0. The fourth-order valence-electron chi connectivity index (χ4n) is 4.10. The van der Waals surface area contributed by atoms with Crippen LogP contribution in [0, 0.1) is 5.92 Å². The first-order valence-corrected chi connectivity index (χ1v) is 9.90. The molecule has 3 rings (SSSR count). The Morgan fingerprint density at radius 2 is 1.90 bits per heavy atom. The molecule has 0 amide bonds. The van der Waals surface area contributed by atoms with Crippen molar-refractivity contribution in [2.45, 2.75) is 63.6 Å². The van der Waals surface area contributed by atoms with Gasteiger partial charge in [-0.05, 0) is 26.7 Å². The van der Waals surface area contributed by atoms with Crippen molar-refractivity contribution in [3.05, 3.63) is 36.0 Å². The Hall–Kier alpha value is -2.94. The monoisotopic (exact) mass is 434 g/mol. The maximum Gasteiger partial charge on any atom is 0.337 e. The van der Waals surface area contributed by atoms with Gasteiger partial charge in [0, 0.05) is 18.1 Å². The standard InChI is InChI=1S/C22H26O9/c1-10(2)19(24)29-16-14-11(3)20(25)30-17(14)18-22(5,31-18)9-7-8-13(21(26)27-6)15(16)28-12(4)23/h8,14-18H,1,3,7,9H2,2,4-6H3/b13-8+/t14-,15+,16+,17+,18-,22-/m1/s1. The summed E-state index contributed by atoms with van der Waals surface area (Å²) in [7, 11) is 1.19. The highest BCUT2D eigenvalue weighted by atomic mass is 16.7. The number of hydrogen-bond donors (Lipinski definition) is 0. The van der Waals surface area contributed by atoms with Gasteiger partial charge in [0.1, 0.15) is 12.2 Å². The minimum atomic E-state index is -1.35. The van der Waals surface area contributed by atoms with Crippen LogP contribution in [0.2, 0.25) is 0 Å². The van der Waals surface area contributed by atoms with Crippen molar-refractivity contribution in [1.29, 1.82) is 0 Å². The van der Waals surface area contributed by atoms with E-state index in [4.69, 9.17) is 23.7 Å². The van der Waals surface area contributed by atoms with Crippen LogP contribution < -0.4 is 0 Å². The van der Waals surface area contributed by atoms with Gasteiger partial charge < -0.3 is 23.7 Å².